The Kier molecular flexibility index (Phi) is 5.26. The summed E-state index contributed by atoms with van der Waals surface area (Å²) < 4.78 is 13.5. The standard InChI is InChI=1S/C18H29FN2/c1-5-18(4,12-20-11-14(2)3)13-21-9-8-15-6-7-16(19)10-17(15)21/h6-7,10,14,20H,5,8-9,11-13H2,1-4H3. The number of nitrogens with zero attached hydrogens (tertiary/aromatic N) is 1. The highest BCUT2D eigenvalue weighted by atomic mass is 19.1. The normalized spacial score (nSPS) is 17.1. The van der Waals surface area contributed by atoms with Gasteiger partial charge in [0, 0.05) is 25.3 Å². The zero-order valence-corrected chi connectivity index (χ0v) is 13.9. The van der Waals surface area contributed by atoms with E-state index in [2.05, 4.69) is 37.9 Å². The molecular weight excluding hydrogens is 263 g/mol. The van der Waals surface area contributed by atoms with Crippen molar-refractivity contribution in [2.75, 3.05) is 31.1 Å². The van der Waals surface area contributed by atoms with Gasteiger partial charge in [-0.15, -0.1) is 0 Å². The molecule has 0 amide bonds. The molecule has 1 aromatic carbocycles. The molecule has 0 saturated carbocycles. The summed E-state index contributed by atoms with van der Waals surface area (Å²) in [5.74, 6) is 0.546. The van der Waals surface area contributed by atoms with Crippen LogP contribution in [0.1, 0.15) is 39.7 Å². The van der Waals surface area contributed by atoms with Gasteiger partial charge in [-0.3, -0.25) is 0 Å². The Balaban J connectivity index is 2.01. The van der Waals surface area contributed by atoms with Crippen LogP contribution in [0.5, 0.6) is 0 Å². The molecule has 3 heteroatoms. The second-order valence-electron chi connectivity index (χ2n) is 7.13. The summed E-state index contributed by atoms with van der Waals surface area (Å²) in [7, 11) is 0. The zero-order valence-electron chi connectivity index (χ0n) is 13.9. The van der Waals surface area contributed by atoms with Crippen LogP contribution in [-0.2, 0) is 6.42 Å². The maximum atomic E-state index is 13.5. The molecule has 1 N–H and O–H groups in total. The number of halogens is 1. The van der Waals surface area contributed by atoms with Gasteiger partial charge in [-0.05, 0) is 48.4 Å². The first-order chi connectivity index (χ1) is 9.93. The Morgan fingerprint density at radius 2 is 2.14 bits per heavy atom. The fourth-order valence-electron chi connectivity index (χ4n) is 3.00. The van der Waals surface area contributed by atoms with Crippen molar-refractivity contribution in [3.05, 3.63) is 29.6 Å². The van der Waals surface area contributed by atoms with Crippen molar-refractivity contribution in [3.8, 4) is 0 Å². The van der Waals surface area contributed by atoms with E-state index < -0.39 is 0 Å². The van der Waals surface area contributed by atoms with Crippen LogP contribution in [-0.4, -0.2) is 26.2 Å². The van der Waals surface area contributed by atoms with Gasteiger partial charge in [-0.25, -0.2) is 4.39 Å². The highest BCUT2D eigenvalue weighted by Gasteiger charge is 2.29. The fourth-order valence-corrected chi connectivity index (χ4v) is 3.00. The van der Waals surface area contributed by atoms with Gasteiger partial charge in [-0.2, -0.15) is 0 Å². The highest BCUT2D eigenvalue weighted by molar-refractivity contribution is 5.58. The molecule has 1 aliphatic heterocycles. The predicted octanol–water partition coefficient (Wildman–Crippen LogP) is 3.85. The van der Waals surface area contributed by atoms with Gasteiger partial charge < -0.3 is 10.2 Å². The highest BCUT2D eigenvalue weighted by Crippen LogP contribution is 2.32. The molecule has 0 spiro atoms. The van der Waals surface area contributed by atoms with Gasteiger partial charge in [0.1, 0.15) is 5.82 Å². The second kappa shape index (κ2) is 6.78. The Labute approximate surface area is 128 Å². The first kappa shape index (κ1) is 16.3. The summed E-state index contributed by atoms with van der Waals surface area (Å²) >= 11 is 0. The second-order valence-corrected chi connectivity index (χ2v) is 7.13. The maximum absolute atomic E-state index is 13.5. The predicted molar refractivity (Wildman–Crippen MR) is 88.4 cm³/mol. The summed E-state index contributed by atoms with van der Waals surface area (Å²) in [6, 6.07) is 5.20. The molecular formula is C18H29FN2. The molecule has 0 aliphatic carbocycles. The number of benzene rings is 1. The number of hydrogen-bond donors (Lipinski definition) is 1. The molecule has 21 heavy (non-hydrogen) atoms. The number of fused-ring (bicyclic) bond motifs is 1. The molecule has 118 valence electrons. The number of rotatable bonds is 7. The third-order valence-electron chi connectivity index (χ3n) is 4.57. The van der Waals surface area contributed by atoms with Gasteiger partial charge in [0.15, 0.2) is 0 Å². The van der Waals surface area contributed by atoms with Crippen molar-refractivity contribution in [1.82, 2.24) is 5.32 Å². The van der Waals surface area contributed by atoms with E-state index in [9.17, 15) is 4.39 Å². The average Bonchev–Trinajstić information content (AvgIpc) is 2.81. The van der Waals surface area contributed by atoms with E-state index in [0.717, 1.165) is 44.7 Å². The van der Waals surface area contributed by atoms with E-state index in [1.807, 2.05) is 6.07 Å². The lowest BCUT2D eigenvalue weighted by atomic mass is 9.86. The van der Waals surface area contributed by atoms with Crippen LogP contribution >= 0.6 is 0 Å². The van der Waals surface area contributed by atoms with Gasteiger partial charge >= 0.3 is 0 Å². The number of hydrogen-bond acceptors (Lipinski definition) is 2. The SMILES string of the molecule is CCC(C)(CNCC(C)C)CN1CCc2ccc(F)cc21. The molecule has 1 unspecified atom stereocenters. The Hall–Kier alpha value is -1.09. The van der Waals surface area contributed by atoms with Crippen molar-refractivity contribution in [2.45, 2.75) is 40.5 Å². The molecule has 0 fully saturated rings. The molecule has 2 rings (SSSR count). The van der Waals surface area contributed by atoms with Crippen LogP contribution in [0.25, 0.3) is 0 Å². The topological polar surface area (TPSA) is 15.3 Å². The van der Waals surface area contributed by atoms with Crippen LogP contribution in [0.15, 0.2) is 18.2 Å². The van der Waals surface area contributed by atoms with E-state index in [1.54, 1.807) is 12.1 Å². The number of nitrogens with one attached hydrogen (secondary N) is 1. The molecule has 0 radical (unpaired) electrons. The lowest BCUT2D eigenvalue weighted by Gasteiger charge is -2.35. The fraction of sp³-hybridized carbons (Fsp3) is 0.667. The summed E-state index contributed by atoms with van der Waals surface area (Å²) in [6.07, 6.45) is 2.16. The van der Waals surface area contributed by atoms with E-state index in [0.29, 0.717) is 5.92 Å². The molecule has 1 aromatic rings. The number of anilines is 1. The summed E-state index contributed by atoms with van der Waals surface area (Å²) in [5.41, 5.74) is 2.60. The molecule has 1 aliphatic rings. The lowest BCUT2D eigenvalue weighted by molar-refractivity contribution is 0.291. The molecule has 1 atom stereocenters. The smallest absolute Gasteiger partial charge is 0.125 e. The van der Waals surface area contributed by atoms with Crippen LogP contribution < -0.4 is 10.2 Å². The van der Waals surface area contributed by atoms with Crippen LogP contribution in [0.4, 0.5) is 10.1 Å². The summed E-state index contributed by atoms with van der Waals surface area (Å²) in [5, 5.41) is 3.58. The molecule has 0 aromatic heterocycles. The van der Waals surface area contributed by atoms with Gasteiger partial charge in [0.25, 0.3) is 0 Å². The Morgan fingerprint density at radius 3 is 2.81 bits per heavy atom. The largest absolute Gasteiger partial charge is 0.370 e. The lowest BCUT2D eigenvalue weighted by Crippen LogP contribution is -2.42. The molecule has 2 nitrogen and oxygen atoms in total. The monoisotopic (exact) mass is 292 g/mol. The summed E-state index contributed by atoms with van der Waals surface area (Å²) in [4.78, 5) is 2.36. The molecule has 1 heterocycles. The van der Waals surface area contributed by atoms with E-state index in [1.165, 1.54) is 5.56 Å². The van der Waals surface area contributed by atoms with Crippen LogP contribution in [0.3, 0.4) is 0 Å². The van der Waals surface area contributed by atoms with Crippen molar-refractivity contribution < 1.29 is 4.39 Å². The maximum Gasteiger partial charge on any atom is 0.125 e. The van der Waals surface area contributed by atoms with Crippen molar-refractivity contribution in [2.24, 2.45) is 11.3 Å². The van der Waals surface area contributed by atoms with Gasteiger partial charge in [0.05, 0.1) is 0 Å². The minimum Gasteiger partial charge on any atom is -0.370 e. The quantitative estimate of drug-likeness (QED) is 0.821. The van der Waals surface area contributed by atoms with E-state index in [4.69, 9.17) is 0 Å². The van der Waals surface area contributed by atoms with Gasteiger partial charge in [0.2, 0.25) is 0 Å². The molecule has 0 saturated heterocycles. The average molecular weight is 292 g/mol. The van der Waals surface area contributed by atoms with Crippen molar-refractivity contribution >= 4 is 5.69 Å². The van der Waals surface area contributed by atoms with E-state index >= 15 is 0 Å². The first-order valence-electron chi connectivity index (χ1n) is 8.17. The Morgan fingerprint density at radius 1 is 1.38 bits per heavy atom. The minimum atomic E-state index is -0.128. The van der Waals surface area contributed by atoms with Crippen LogP contribution in [0.2, 0.25) is 0 Å². The zero-order chi connectivity index (χ0) is 15.5. The summed E-state index contributed by atoms with van der Waals surface area (Å²) in [6.45, 7) is 13.1. The Bertz CT molecular complexity index is 472. The third-order valence-corrected chi connectivity index (χ3v) is 4.57. The van der Waals surface area contributed by atoms with Crippen molar-refractivity contribution in [1.29, 1.82) is 0 Å². The van der Waals surface area contributed by atoms with E-state index in [-0.39, 0.29) is 11.2 Å². The first-order valence-corrected chi connectivity index (χ1v) is 8.17. The third kappa shape index (κ3) is 4.19. The molecule has 0 bridgehead atoms. The van der Waals surface area contributed by atoms with Crippen LogP contribution in [0, 0.1) is 17.2 Å². The minimum absolute atomic E-state index is 0.128. The van der Waals surface area contributed by atoms with Gasteiger partial charge in [-0.1, -0.05) is 33.8 Å². The van der Waals surface area contributed by atoms with Crippen molar-refractivity contribution in [3.63, 3.8) is 0 Å².